The summed E-state index contributed by atoms with van der Waals surface area (Å²) in [6, 6.07) is 10.1. The van der Waals surface area contributed by atoms with E-state index in [0.717, 1.165) is 11.3 Å². The fourth-order valence-electron chi connectivity index (χ4n) is 2.24. The highest BCUT2D eigenvalue weighted by Gasteiger charge is 2.23. The van der Waals surface area contributed by atoms with Gasteiger partial charge in [0.1, 0.15) is 11.6 Å². The van der Waals surface area contributed by atoms with Gasteiger partial charge in [-0.15, -0.1) is 0 Å². The summed E-state index contributed by atoms with van der Waals surface area (Å²) in [6.07, 6.45) is 0. The van der Waals surface area contributed by atoms with E-state index in [1.165, 1.54) is 6.07 Å². The number of pyridine rings is 1. The van der Waals surface area contributed by atoms with Crippen molar-refractivity contribution < 1.29 is 13.2 Å². The van der Waals surface area contributed by atoms with Gasteiger partial charge >= 0.3 is 0 Å². The van der Waals surface area contributed by atoms with Crippen LogP contribution in [0.1, 0.15) is 32.0 Å². The van der Waals surface area contributed by atoms with E-state index in [4.69, 9.17) is 4.74 Å². The molecule has 0 saturated carbocycles. The number of nitrogens with one attached hydrogen (secondary N) is 1. The van der Waals surface area contributed by atoms with Crippen molar-refractivity contribution in [1.82, 2.24) is 4.98 Å². The minimum atomic E-state index is -3.71. The molecule has 0 amide bonds. The third kappa shape index (κ3) is 4.01. The molecule has 0 radical (unpaired) electrons. The number of ether oxygens (including phenoxy) is 1. The van der Waals surface area contributed by atoms with Crippen LogP contribution in [0.15, 0.2) is 41.3 Å². The standard InChI is InChI=1S/C17H22N2O3S/c1-12-7-6-8-16(18-12)19-23(20,21)13-9-10-15(22-5)14(11-13)17(2,3)4/h6-11H,1-5H3,(H,18,19). The maximum absolute atomic E-state index is 12.6. The predicted molar refractivity (Wildman–Crippen MR) is 91.5 cm³/mol. The lowest BCUT2D eigenvalue weighted by molar-refractivity contribution is 0.397. The van der Waals surface area contributed by atoms with E-state index in [2.05, 4.69) is 9.71 Å². The average molecular weight is 334 g/mol. The number of hydrogen-bond donors (Lipinski definition) is 1. The summed E-state index contributed by atoms with van der Waals surface area (Å²) in [7, 11) is -2.13. The Hall–Kier alpha value is -2.08. The van der Waals surface area contributed by atoms with Crippen molar-refractivity contribution in [1.29, 1.82) is 0 Å². The molecule has 2 aromatic rings. The lowest BCUT2D eigenvalue weighted by atomic mass is 9.86. The molecule has 0 aliphatic rings. The highest BCUT2D eigenvalue weighted by molar-refractivity contribution is 7.92. The molecule has 23 heavy (non-hydrogen) atoms. The van der Waals surface area contributed by atoms with Crippen molar-refractivity contribution in [2.45, 2.75) is 38.0 Å². The van der Waals surface area contributed by atoms with Gasteiger partial charge in [0, 0.05) is 11.3 Å². The minimum Gasteiger partial charge on any atom is -0.496 e. The van der Waals surface area contributed by atoms with E-state index in [9.17, 15) is 8.42 Å². The first kappa shape index (κ1) is 17.3. The quantitative estimate of drug-likeness (QED) is 0.929. The molecule has 6 heteroatoms. The van der Waals surface area contributed by atoms with Crippen LogP contribution in [-0.2, 0) is 15.4 Å². The number of hydrogen-bond acceptors (Lipinski definition) is 4. The first-order valence-electron chi connectivity index (χ1n) is 7.28. The van der Waals surface area contributed by atoms with E-state index < -0.39 is 10.0 Å². The maximum Gasteiger partial charge on any atom is 0.263 e. The number of benzene rings is 1. The van der Waals surface area contributed by atoms with Crippen molar-refractivity contribution in [3.8, 4) is 5.75 Å². The molecule has 0 spiro atoms. The SMILES string of the molecule is COc1ccc(S(=O)(=O)Nc2cccc(C)n2)cc1C(C)(C)C. The van der Waals surface area contributed by atoms with Crippen molar-refractivity contribution in [3.05, 3.63) is 47.7 Å². The van der Waals surface area contributed by atoms with E-state index in [1.54, 1.807) is 31.4 Å². The largest absolute Gasteiger partial charge is 0.496 e. The van der Waals surface area contributed by atoms with Gasteiger partial charge in [0.2, 0.25) is 0 Å². The van der Waals surface area contributed by atoms with Gasteiger partial charge in [-0.2, -0.15) is 0 Å². The van der Waals surface area contributed by atoms with Gasteiger partial charge in [-0.1, -0.05) is 26.8 Å². The van der Waals surface area contributed by atoms with Crippen molar-refractivity contribution in [3.63, 3.8) is 0 Å². The lowest BCUT2D eigenvalue weighted by Crippen LogP contribution is -2.17. The molecule has 1 N–H and O–H groups in total. The zero-order valence-corrected chi connectivity index (χ0v) is 14.9. The van der Waals surface area contributed by atoms with Crippen molar-refractivity contribution in [2.24, 2.45) is 0 Å². The lowest BCUT2D eigenvalue weighted by Gasteiger charge is -2.23. The molecule has 1 heterocycles. The summed E-state index contributed by atoms with van der Waals surface area (Å²) in [4.78, 5) is 4.36. The highest BCUT2D eigenvalue weighted by Crippen LogP contribution is 2.33. The zero-order chi connectivity index (χ0) is 17.3. The maximum atomic E-state index is 12.6. The molecule has 0 saturated heterocycles. The fourth-order valence-corrected chi connectivity index (χ4v) is 3.26. The van der Waals surface area contributed by atoms with Gasteiger partial charge in [-0.05, 0) is 42.7 Å². The molecular weight excluding hydrogens is 312 g/mol. The summed E-state index contributed by atoms with van der Waals surface area (Å²) in [5.74, 6) is 0.975. The van der Waals surface area contributed by atoms with Gasteiger partial charge in [-0.3, -0.25) is 4.72 Å². The third-order valence-corrected chi connectivity index (χ3v) is 4.77. The number of methoxy groups -OCH3 is 1. The van der Waals surface area contributed by atoms with Crippen molar-refractivity contribution in [2.75, 3.05) is 11.8 Å². The summed E-state index contributed by atoms with van der Waals surface area (Å²) < 4.78 is 33.1. The molecule has 0 bridgehead atoms. The molecule has 1 aromatic heterocycles. The smallest absolute Gasteiger partial charge is 0.263 e. The molecule has 124 valence electrons. The van der Waals surface area contributed by atoms with Crippen molar-refractivity contribution >= 4 is 15.8 Å². The second-order valence-electron chi connectivity index (χ2n) is 6.38. The van der Waals surface area contributed by atoms with E-state index in [1.807, 2.05) is 33.8 Å². The van der Waals surface area contributed by atoms with Crippen LogP contribution in [0, 0.1) is 6.92 Å². The Balaban J connectivity index is 2.44. The normalized spacial score (nSPS) is 12.0. The van der Waals surface area contributed by atoms with Crippen LogP contribution in [-0.4, -0.2) is 20.5 Å². The summed E-state index contributed by atoms with van der Waals surface area (Å²) in [5, 5.41) is 0. The second kappa shape index (κ2) is 6.20. The molecular formula is C17H22N2O3S. The average Bonchev–Trinajstić information content (AvgIpc) is 2.45. The summed E-state index contributed by atoms with van der Waals surface area (Å²) in [5.41, 5.74) is 1.34. The van der Waals surface area contributed by atoms with E-state index >= 15 is 0 Å². The van der Waals surface area contributed by atoms with E-state index in [-0.39, 0.29) is 10.3 Å². The monoisotopic (exact) mass is 334 g/mol. The van der Waals surface area contributed by atoms with Crippen LogP contribution in [0.3, 0.4) is 0 Å². The van der Waals surface area contributed by atoms with Crippen LogP contribution in [0.4, 0.5) is 5.82 Å². The number of nitrogens with zero attached hydrogens (tertiary/aromatic N) is 1. The Morgan fingerprint density at radius 1 is 1.13 bits per heavy atom. The first-order chi connectivity index (χ1) is 10.6. The second-order valence-corrected chi connectivity index (χ2v) is 8.06. The Bertz CT molecular complexity index is 809. The van der Waals surface area contributed by atoms with Gasteiger partial charge in [-0.25, -0.2) is 13.4 Å². The number of anilines is 1. The molecule has 0 unspecified atom stereocenters. The minimum absolute atomic E-state index is 0.187. The Labute approximate surface area is 137 Å². The zero-order valence-electron chi connectivity index (χ0n) is 14.0. The third-order valence-electron chi connectivity index (χ3n) is 3.42. The number of rotatable bonds is 4. The van der Waals surface area contributed by atoms with E-state index in [0.29, 0.717) is 11.6 Å². The van der Waals surface area contributed by atoms with Gasteiger partial charge < -0.3 is 4.74 Å². The number of aromatic nitrogens is 1. The summed E-state index contributed by atoms with van der Waals surface area (Å²) >= 11 is 0. The molecule has 1 aromatic carbocycles. The van der Waals surface area contributed by atoms with Gasteiger partial charge in [0.15, 0.2) is 0 Å². The molecule has 5 nitrogen and oxygen atoms in total. The Kier molecular flexibility index (Phi) is 4.66. The van der Waals surface area contributed by atoms with Gasteiger partial charge in [0.05, 0.1) is 12.0 Å². The van der Waals surface area contributed by atoms with Crippen LogP contribution in [0.2, 0.25) is 0 Å². The predicted octanol–water partition coefficient (Wildman–Crippen LogP) is 3.50. The molecule has 0 fully saturated rings. The van der Waals surface area contributed by atoms with Crippen LogP contribution in [0.5, 0.6) is 5.75 Å². The first-order valence-corrected chi connectivity index (χ1v) is 8.77. The molecule has 0 atom stereocenters. The fraction of sp³-hybridized carbons (Fsp3) is 0.353. The van der Waals surface area contributed by atoms with Crippen LogP contribution < -0.4 is 9.46 Å². The summed E-state index contributed by atoms with van der Waals surface area (Å²) in [6.45, 7) is 7.84. The number of aryl methyl sites for hydroxylation is 1. The van der Waals surface area contributed by atoms with Crippen LogP contribution >= 0.6 is 0 Å². The molecule has 2 rings (SSSR count). The topological polar surface area (TPSA) is 68.3 Å². The molecule has 0 aliphatic heterocycles. The highest BCUT2D eigenvalue weighted by atomic mass is 32.2. The molecule has 0 aliphatic carbocycles. The Morgan fingerprint density at radius 2 is 1.83 bits per heavy atom. The Morgan fingerprint density at radius 3 is 2.39 bits per heavy atom. The number of sulfonamides is 1. The van der Waals surface area contributed by atoms with Crippen LogP contribution in [0.25, 0.3) is 0 Å². The van der Waals surface area contributed by atoms with Gasteiger partial charge in [0.25, 0.3) is 10.0 Å².